The van der Waals surface area contributed by atoms with Crippen LogP contribution in [0.4, 0.5) is 5.13 Å². The number of hydrogen-bond donors (Lipinski definition) is 8. The Hall–Kier alpha value is -5.43. The van der Waals surface area contributed by atoms with Crippen LogP contribution in [0, 0.1) is 0 Å². The summed E-state index contributed by atoms with van der Waals surface area (Å²) in [6, 6.07) is -1.12. The number of carbonyl (C=O) groups excluding carboxylic acids is 3. The highest BCUT2D eigenvalue weighted by Gasteiger charge is 2.54. The second-order valence-corrected chi connectivity index (χ2v) is 13.2. The molecule has 256 valence electrons. The number of aromatic nitrogens is 3. The van der Waals surface area contributed by atoms with Gasteiger partial charge in [-0.1, -0.05) is 5.16 Å². The fraction of sp³-hybridized carbons (Fsp3) is 0.240. The highest BCUT2D eigenvalue weighted by atomic mass is 32.2. The molecular formula is C25H24N12O9S3. The van der Waals surface area contributed by atoms with Crippen molar-refractivity contribution in [1.82, 2.24) is 46.2 Å². The topological polar surface area (TPSA) is 293 Å². The Morgan fingerprint density at radius 1 is 1.31 bits per heavy atom. The van der Waals surface area contributed by atoms with Gasteiger partial charge >= 0.3 is 5.97 Å². The minimum Gasteiger partial charge on any atom is -0.502 e. The van der Waals surface area contributed by atoms with E-state index in [9.17, 15) is 34.2 Å². The molecule has 6 heterocycles. The van der Waals surface area contributed by atoms with Gasteiger partial charge in [0.15, 0.2) is 29.0 Å². The number of carboxylic acids is 1. The number of aromatic amines is 1. The summed E-state index contributed by atoms with van der Waals surface area (Å²) in [5.74, 6) is -3.65. The van der Waals surface area contributed by atoms with Gasteiger partial charge in [-0.15, -0.1) is 40.4 Å². The van der Waals surface area contributed by atoms with Crippen LogP contribution < -0.4 is 27.6 Å². The number of nitrogens with one attached hydrogen (secondary N) is 4. The van der Waals surface area contributed by atoms with Crippen molar-refractivity contribution in [2.75, 3.05) is 24.3 Å². The Kier molecular flexibility index (Phi) is 9.28. The lowest BCUT2D eigenvalue weighted by molar-refractivity contribution is -0.150. The number of aromatic hydroxyl groups is 1. The van der Waals surface area contributed by atoms with Gasteiger partial charge in [-0.2, -0.15) is 0 Å². The van der Waals surface area contributed by atoms with E-state index in [1.54, 1.807) is 23.3 Å². The van der Waals surface area contributed by atoms with E-state index in [2.05, 4.69) is 36.0 Å². The summed E-state index contributed by atoms with van der Waals surface area (Å²) in [4.78, 5) is 83.5. The van der Waals surface area contributed by atoms with Gasteiger partial charge in [0.2, 0.25) is 0 Å². The summed E-state index contributed by atoms with van der Waals surface area (Å²) in [6.07, 6.45) is 3.94. The summed E-state index contributed by atoms with van der Waals surface area (Å²) in [7, 11) is 1.70. The zero-order valence-corrected chi connectivity index (χ0v) is 27.3. The van der Waals surface area contributed by atoms with E-state index in [1.807, 2.05) is 0 Å². The molecule has 4 aliphatic rings. The highest BCUT2D eigenvalue weighted by molar-refractivity contribution is 8.03. The third-order valence-electron chi connectivity index (χ3n) is 6.95. The summed E-state index contributed by atoms with van der Waals surface area (Å²) in [6.45, 7) is -0.393. The molecule has 2 aromatic rings. The fourth-order valence-electron chi connectivity index (χ4n) is 4.75. The van der Waals surface area contributed by atoms with Crippen LogP contribution >= 0.6 is 34.9 Å². The lowest BCUT2D eigenvalue weighted by atomic mass is 10.0. The minimum atomic E-state index is -1.34. The van der Waals surface area contributed by atoms with Crippen molar-refractivity contribution in [2.24, 2.45) is 10.1 Å². The normalized spacial score (nSPS) is 20.1. The fourth-order valence-corrected chi connectivity index (χ4v) is 7.79. The van der Waals surface area contributed by atoms with E-state index < -0.39 is 53.0 Å². The van der Waals surface area contributed by atoms with Crippen molar-refractivity contribution in [2.45, 2.75) is 18.0 Å². The Morgan fingerprint density at radius 3 is 2.80 bits per heavy atom. The molecule has 0 radical (unpaired) electrons. The quantitative estimate of drug-likeness (QED) is 0.0546. The first-order chi connectivity index (χ1) is 23.4. The van der Waals surface area contributed by atoms with Crippen molar-refractivity contribution >= 4 is 75.1 Å². The van der Waals surface area contributed by atoms with Crippen LogP contribution in [0.3, 0.4) is 0 Å². The van der Waals surface area contributed by atoms with Gasteiger partial charge in [-0.25, -0.2) is 30.2 Å². The number of nitrogens with zero attached hydrogens (tertiary/aromatic N) is 7. The standard InChI is InChI=1S/C25H24N12O9S3/c1-35-4-14-28-10(19(39)32-45)2-15(37(14)34-35)47-6-9-7-48-23-17(22(42)36(23)18(9)24(43)44)31-21(41)16(11-8-49-25(26)29-11)33-46-5-13-27-3-12(38)20(40)30-13/h2-4,8,17,23,34,38,45H,5-7H2,1H3,(H2,26,29)(H,31,41)(H,32,39)(H,43,44)(H,27,30,40)/b33-16-/t17-,23-/m1/s1. The lowest BCUT2D eigenvalue weighted by Gasteiger charge is -2.49. The molecule has 2 aromatic heterocycles. The second kappa shape index (κ2) is 13.6. The van der Waals surface area contributed by atoms with Crippen LogP contribution in [0.5, 0.6) is 5.75 Å². The smallest absolute Gasteiger partial charge is 0.352 e. The first kappa shape index (κ1) is 33.5. The maximum Gasteiger partial charge on any atom is 0.352 e. The molecule has 6 rings (SSSR count). The number of carboxylic acid groups (broad SMARTS) is 1. The minimum absolute atomic E-state index is 0.000544. The number of carbonyl (C=O) groups is 4. The van der Waals surface area contributed by atoms with Gasteiger partial charge in [0.05, 0.1) is 17.4 Å². The van der Waals surface area contributed by atoms with Gasteiger partial charge in [0.1, 0.15) is 34.3 Å². The predicted octanol–water partition coefficient (Wildman–Crippen LogP) is -1.83. The van der Waals surface area contributed by atoms with Crippen LogP contribution in [0.15, 0.2) is 60.9 Å². The number of nitrogens with two attached hydrogens (primary N) is 1. The number of hydrogen-bond acceptors (Lipinski definition) is 19. The van der Waals surface area contributed by atoms with E-state index in [0.717, 1.165) is 22.4 Å². The largest absolute Gasteiger partial charge is 0.502 e. The Balaban J connectivity index is 1.16. The zero-order chi connectivity index (χ0) is 35.0. The van der Waals surface area contributed by atoms with Crippen LogP contribution in [-0.2, 0) is 30.6 Å². The van der Waals surface area contributed by atoms with Crippen LogP contribution in [0.1, 0.15) is 11.5 Å². The zero-order valence-electron chi connectivity index (χ0n) is 24.8. The molecule has 9 N–H and O–H groups in total. The SMILES string of the molecule is CN1C=C2N=C(C(=O)NO)C=C(SCC3=C(C(=O)O)N4C(=O)[C@@H](NC(=O)/C(=N\OCc5ncc(O)c(=O)[nH]5)c5csc(N)n5)[C@H]4SC3)N2N1. The molecule has 49 heavy (non-hydrogen) atoms. The number of hydrazine groups is 2. The van der Waals surface area contributed by atoms with Gasteiger partial charge in [-0.05, 0) is 5.57 Å². The lowest BCUT2D eigenvalue weighted by Crippen LogP contribution is -2.71. The Morgan fingerprint density at radius 2 is 2.10 bits per heavy atom. The molecule has 0 saturated carbocycles. The summed E-state index contributed by atoms with van der Waals surface area (Å²) in [5, 5.41) is 39.4. The summed E-state index contributed by atoms with van der Waals surface area (Å²) in [5.41, 5.74) is 9.27. The molecule has 3 amide bonds. The van der Waals surface area contributed by atoms with Crippen molar-refractivity contribution < 1.29 is 39.4 Å². The number of thiazole rings is 1. The maximum absolute atomic E-state index is 13.4. The average Bonchev–Trinajstić information content (AvgIpc) is 3.68. The number of aliphatic imine (C=N–C) groups is 1. The number of H-pyrrole nitrogens is 1. The Labute approximate surface area is 286 Å². The van der Waals surface area contributed by atoms with Gasteiger partial charge < -0.3 is 31.1 Å². The van der Waals surface area contributed by atoms with E-state index in [-0.39, 0.29) is 45.3 Å². The number of aliphatic carboxylic acids is 1. The van der Waals surface area contributed by atoms with E-state index in [1.165, 1.54) is 40.5 Å². The van der Waals surface area contributed by atoms with Crippen molar-refractivity contribution in [3.05, 3.63) is 67.8 Å². The first-order valence-corrected chi connectivity index (χ1v) is 16.6. The third-order valence-corrected chi connectivity index (χ3v) is 10.0. The number of oxime groups is 1. The number of amides is 3. The molecule has 0 bridgehead atoms. The number of nitrogen functional groups attached to an aromatic ring is 1. The van der Waals surface area contributed by atoms with E-state index in [0.29, 0.717) is 16.4 Å². The Bertz CT molecular complexity index is 1970. The number of hydroxylamine groups is 1. The van der Waals surface area contributed by atoms with Crippen molar-refractivity contribution in [3.63, 3.8) is 0 Å². The number of fused-ring (bicyclic) bond motifs is 2. The molecule has 1 fully saturated rings. The number of β-lactam (4-membered cyclic amide) rings is 1. The number of rotatable bonds is 11. The maximum atomic E-state index is 13.4. The average molecular weight is 733 g/mol. The van der Waals surface area contributed by atoms with E-state index in [4.69, 9.17) is 15.8 Å². The van der Waals surface area contributed by atoms with E-state index >= 15 is 0 Å². The second-order valence-electron chi connectivity index (χ2n) is 10.2. The van der Waals surface area contributed by atoms with Gasteiger partial charge in [-0.3, -0.25) is 34.3 Å². The first-order valence-electron chi connectivity index (χ1n) is 13.7. The molecule has 0 unspecified atom stereocenters. The number of anilines is 1. The molecule has 21 nitrogen and oxygen atoms in total. The molecule has 2 atom stereocenters. The van der Waals surface area contributed by atoms with Crippen LogP contribution in [-0.4, -0.2) is 110 Å². The van der Waals surface area contributed by atoms with Crippen molar-refractivity contribution in [3.8, 4) is 5.75 Å². The molecular weight excluding hydrogens is 709 g/mol. The highest BCUT2D eigenvalue weighted by Crippen LogP contribution is 2.42. The number of thioether (sulfide) groups is 2. The molecule has 0 aliphatic carbocycles. The monoisotopic (exact) mass is 732 g/mol. The molecule has 0 aromatic carbocycles. The summed E-state index contributed by atoms with van der Waals surface area (Å²) < 4.78 is 0. The van der Waals surface area contributed by atoms with Crippen LogP contribution in [0.2, 0.25) is 0 Å². The summed E-state index contributed by atoms with van der Waals surface area (Å²) >= 11 is 3.44. The van der Waals surface area contributed by atoms with Gasteiger partial charge in [0.25, 0.3) is 23.3 Å². The predicted molar refractivity (Wildman–Crippen MR) is 173 cm³/mol. The van der Waals surface area contributed by atoms with Crippen LogP contribution in [0.25, 0.3) is 0 Å². The molecule has 0 spiro atoms. The molecule has 4 aliphatic heterocycles. The molecule has 24 heteroatoms. The molecule has 1 saturated heterocycles. The third kappa shape index (κ3) is 6.66. The van der Waals surface area contributed by atoms with Crippen molar-refractivity contribution in [1.29, 1.82) is 0 Å². The van der Waals surface area contributed by atoms with Gasteiger partial charge in [0, 0.05) is 30.0 Å².